The fraction of sp³-hybridized carbons (Fsp3) is 0. The van der Waals surface area contributed by atoms with Gasteiger partial charge in [-0.15, -0.1) is 10.2 Å². The van der Waals surface area contributed by atoms with Crippen LogP contribution in [0.1, 0.15) is 0 Å². The van der Waals surface area contributed by atoms with E-state index >= 15 is 0 Å². The van der Waals surface area contributed by atoms with Gasteiger partial charge in [0.2, 0.25) is 0 Å². The lowest BCUT2D eigenvalue weighted by atomic mass is 10.2. The van der Waals surface area contributed by atoms with Crippen LogP contribution < -0.4 is 0 Å². The van der Waals surface area contributed by atoms with Crippen molar-refractivity contribution >= 4 is 43.9 Å². The standard InChI is InChI=1S/C16H10N4/c1-3-7-11-9(5-1)13-15(17-11)16-14(20-19-13)10-6-2-4-8-12(10)18-16/h1-8,17-18H. The fourth-order valence-corrected chi connectivity index (χ4v) is 2.92. The first-order valence-electron chi connectivity index (χ1n) is 6.55. The highest BCUT2D eigenvalue weighted by atomic mass is 15.1. The Morgan fingerprint density at radius 2 is 1.05 bits per heavy atom. The maximum atomic E-state index is 4.42. The van der Waals surface area contributed by atoms with E-state index in [1.807, 2.05) is 24.3 Å². The van der Waals surface area contributed by atoms with Crippen LogP contribution in [0, 0.1) is 0 Å². The Hall–Kier alpha value is -2.88. The molecule has 3 heterocycles. The van der Waals surface area contributed by atoms with E-state index in [2.05, 4.69) is 44.4 Å². The predicted molar refractivity (Wildman–Crippen MR) is 80.8 cm³/mol. The molecule has 0 bridgehead atoms. The summed E-state index contributed by atoms with van der Waals surface area (Å²) in [5.41, 5.74) is 6.05. The molecule has 0 saturated carbocycles. The van der Waals surface area contributed by atoms with Crippen LogP contribution in [0.4, 0.5) is 0 Å². The van der Waals surface area contributed by atoms with E-state index in [0.717, 1.165) is 43.9 Å². The third-order valence-corrected chi connectivity index (χ3v) is 3.86. The Morgan fingerprint density at radius 3 is 1.55 bits per heavy atom. The molecule has 5 aromatic rings. The van der Waals surface area contributed by atoms with Gasteiger partial charge in [-0.05, 0) is 12.1 Å². The monoisotopic (exact) mass is 258 g/mol. The summed E-state index contributed by atoms with van der Waals surface area (Å²) in [7, 11) is 0. The topological polar surface area (TPSA) is 57.4 Å². The number of aromatic amines is 2. The second-order valence-electron chi connectivity index (χ2n) is 4.99. The summed E-state index contributed by atoms with van der Waals surface area (Å²) in [5.74, 6) is 0. The molecule has 0 aliphatic carbocycles. The van der Waals surface area contributed by atoms with Gasteiger partial charge in [0.1, 0.15) is 11.0 Å². The van der Waals surface area contributed by atoms with E-state index in [4.69, 9.17) is 0 Å². The van der Waals surface area contributed by atoms with Crippen molar-refractivity contribution in [2.24, 2.45) is 0 Å². The van der Waals surface area contributed by atoms with Crippen LogP contribution in [-0.2, 0) is 0 Å². The summed E-state index contributed by atoms with van der Waals surface area (Å²) in [5, 5.41) is 11.1. The highest BCUT2D eigenvalue weighted by Crippen LogP contribution is 2.31. The first-order valence-corrected chi connectivity index (χ1v) is 6.55. The zero-order valence-corrected chi connectivity index (χ0v) is 10.5. The average molecular weight is 258 g/mol. The number of nitrogens with one attached hydrogen (secondary N) is 2. The van der Waals surface area contributed by atoms with Gasteiger partial charge >= 0.3 is 0 Å². The minimum atomic E-state index is 0.916. The van der Waals surface area contributed by atoms with Crippen LogP contribution >= 0.6 is 0 Å². The molecular formula is C16H10N4. The Kier molecular flexibility index (Phi) is 1.68. The van der Waals surface area contributed by atoms with Gasteiger partial charge in [-0.25, -0.2) is 0 Å². The number of fused-ring (bicyclic) bond motifs is 7. The Labute approximate surface area is 113 Å². The van der Waals surface area contributed by atoms with Crippen LogP contribution in [-0.4, -0.2) is 20.2 Å². The van der Waals surface area contributed by atoms with Gasteiger partial charge in [0.25, 0.3) is 0 Å². The third-order valence-electron chi connectivity index (χ3n) is 3.86. The zero-order chi connectivity index (χ0) is 13.1. The second-order valence-corrected chi connectivity index (χ2v) is 4.99. The zero-order valence-electron chi connectivity index (χ0n) is 10.5. The van der Waals surface area contributed by atoms with Crippen molar-refractivity contribution in [2.75, 3.05) is 0 Å². The lowest BCUT2D eigenvalue weighted by Gasteiger charge is -1.91. The molecule has 4 nitrogen and oxygen atoms in total. The molecule has 0 atom stereocenters. The normalized spacial score (nSPS) is 12.0. The van der Waals surface area contributed by atoms with Crippen molar-refractivity contribution in [3.63, 3.8) is 0 Å². The van der Waals surface area contributed by atoms with Crippen molar-refractivity contribution in [3.8, 4) is 0 Å². The van der Waals surface area contributed by atoms with Gasteiger partial charge < -0.3 is 9.97 Å². The van der Waals surface area contributed by atoms with Gasteiger partial charge in [0.05, 0.1) is 11.0 Å². The van der Waals surface area contributed by atoms with Crippen LogP contribution in [0.2, 0.25) is 0 Å². The number of nitrogens with zero attached hydrogens (tertiary/aromatic N) is 2. The fourth-order valence-electron chi connectivity index (χ4n) is 2.92. The maximum Gasteiger partial charge on any atom is 0.121 e. The minimum Gasteiger partial charge on any atom is -0.351 e. The number of para-hydroxylation sites is 2. The predicted octanol–water partition coefficient (Wildman–Crippen LogP) is 3.75. The van der Waals surface area contributed by atoms with Gasteiger partial charge in [0, 0.05) is 21.8 Å². The number of benzene rings is 2. The van der Waals surface area contributed by atoms with Crippen LogP contribution in [0.25, 0.3) is 43.9 Å². The Morgan fingerprint density at radius 1 is 0.600 bits per heavy atom. The minimum absolute atomic E-state index is 0.916. The summed E-state index contributed by atoms with van der Waals surface area (Å²) >= 11 is 0. The highest BCUT2D eigenvalue weighted by molar-refractivity contribution is 6.18. The third kappa shape index (κ3) is 1.11. The molecule has 94 valence electrons. The molecule has 0 aliphatic rings. The summed E-state index contributed by atoms with van der Waals surface area (Å²) < 4.78 is 0. The van der Waals surface area contributed by atoms with Crippen molar-refractivity contribution in [1.29, 1.82) is 0 Å². The molecule has 0 unspecified atom stereocenters. The van der Waals surface area contributed by atoms with Crippen LogP contribution in [0.3, 0.4) is 0 Å². The molecule has 0 aliphatic heterocycles. The highest BCUT2D eigenvalue weighted by Gasteiger charge is 2.13. The first-order chi connectivity index (χ1) is 9.92. The van der Waals surface area contributed by atoms with E-state index < -0.39 is 0 Å². The molecule has 0 saturated heterocycles. The van der Waals surface area contributed by atoms with Gasteiger partial charge in [-0.3, -0.25) is 0 Å². The van der Waals surface area contributed by atoms with E-state index in [0.29, 0.717) is 0 Å². The average Bonchev–Trinajstić information content (AvgIpc) is 3.05. The molecule has 0 fully saturated rings. The molecule has 0 amide bonds. The summed E-state index contributed by atoms with van der Waals surface area (Å²) in [6, 6.07) is 16.3. The Balaban J connectivity index is 2.10. The Bertz CT molecular complexity index is 1010. The number of aromatic nitrogens is 4. The van der Waals surface area contributed by atoms with E-state index in [1.54, 1.807) is 0 Å². The molecule has 2 N–H and O–H groups in total. The van der Waals surface area contributed by atoms with E-state index in [9.17, 15) is 0 Å². The summed E-state index contributed by atoms with van der Waals surface area (Å²) in [6.07, 6.45) is 0. The smallest absolute Gasteiger partial charge is 0.121 e. The van der Waals surface area contributed by atoms with Crippen molar-refractivity contribution in [2.45, 2.75) is 0 Å². The summed E-state index contributed by atoms with van der Waals surface area (Å²) in [4.78, 5) is 6.90. The van der Waals surface area contributed by atoms with Crippen molar-refractivity contribution in [1.82, 2.24) is 20.2 Å². The quantitative estimate of drug-likeness (QED) is 0.444. The van der Waals surface area contributed by atoms with Crippen molar-refractivity contribution < 1.29 is 0 Å². The number of rotatable bonds is 0. The lowest BCUT2D eigenvalue weighted by molar-refractivity contribution is 1.13. The van der Waals surface area contributed by atoms with Crippen LogP contribution in [0.15, 0.2) is 48.5 Å². The van der Waals surface area contributed by atoms with Gasteiger partial charge in [0.15, 0.2) is 0 Å². The molecule has 2 aromatic carbocycles. The SMILES string of the molecule is c1ccc2c(c1)[nH]c1c2nnc2c3ccccc3[nH]c21. The van der Waals surface area contributed by atoms with Crippen LogP contribution in [0.5, 0.6) is 0 Å². The maximum absolute atomic E-state index is 4.42. The van der Waals surface area contributed by atoms with E-state index in [-0.39, 0.29) is 0 Å². The molecule has 4 heteroatoms. The molecule has 0 radical (unpaired) electrons. The summed E-state index contributed by atoms with van der Waals surface area (Å²) in [6.45, 7) is 0. The lowest BCUT2D eigenvalue weighted by Crippen LogP contribution is -1.83. The first kappa shape index (κ1) is 9.97. The number of hydrogen-bond donors (Lipinski definition) is 2. The number of hydrogen-bond acceptors (Lipinski definition) is 2. The van der Waals surface area contributed by atoms with Crippen molar-refractivity contribution in [3.05, 3.63) is 48.5 Å². The van der Waals surface area contributed by atoms with E-state index in [1.165, 1.54) is 0 Å². The molecule has 3 aromatic heterocycles. The molecule has 0 spiro atoms. The molecule has 20 heavy (non-hydrogen) atoms. The molecular weight excluding hydrogens is 248 g/mol. The largest absolute Gasteiger partial charge is 0.351 e. The van der Waals surface area contributed by atoms with Gasteiger partial charge in [-0.2, -0.15) is 0 Å². The second kappa shape index (κ2) is 3.36. The number of H-pyrrole nitrogens is 2. The molecule has 5 rings (SSSR count). The van der Waals surface area contributed by atoms with Gasteiger partial charge in [-0.1, -0.05) is 36.4 Å².